The van der Waals surface area contributed by atoms with Gasteiger partial charge in [0.05, 0.1) is 12.5 Å². The number of anilines is 1. The average molecular weight is 595 g/mol. The number of hydrogen-bond donors (Lipinski definition) is 0. The molecule has 3 rings (SSSR count). The van der Waals surface area contributed by atoms with Gasteiger partial charge in [-0.25, -0.2) is 4.79 Å². The zero-order valence-electron chi connectivity index (χ0n) is 27.5. The molecule has 0 unspecified atom stereocenters. The molecule has 0 N–H and O–H groups in total. The number of amides is 2. The monoisotopic (exact) mass is 594 g/mol. The van der Waals surface area contributed by atoms with Crippen LogP contribution in [0.2, 0.25) is 18.1 Å². The van der Waals surface area contributed by atoms with Crippen molar-refractivity contribution < 1.29 is 18.8 Å². The van der Waals surface area contributed by atoms with E-state index < -0.39 is 13.9 Å². The molecule has 0 radical (unpaired) electrons. The molecule has 2 amide bonds. The molecular formula is C35H54N2O4Si-. The number of carbonyl (C=O) groups is 2. The minimum atomic E-state index is -1.90. The number of hydrogen-bond acceptors (Lipinski definition) is 4. The second kappa shape index (κ2) is 14.2. The summed E-state index contributed by atoms with van der Waals surface area (Å²) in [6, 6.07) is 18.3. The smallest absolute Gasteiger partial charge is 0.324 e. The Labute approximate surface area is 255 Å². The number of esters is 1. The summed E-state index contributed by atoms with van der Waals surface area (Å²) in [4.78, 5) is 30.7. The van der Waals surface area contributed by atoms with Crippen LogP contribution in [0.15, 0.2) is 54.6 Å². The zero-order chi connectivity index (χ0) is 31.1. The van der Waals surface area contributed by atoms with E-state index >= 15 is 0 Å². The summed E-state index contributed by atoms with van der Waals surface area (Å²) >= 11 is 0. The van der Waals surface area contributed by atoms with Gasteiger partial charge in [0.25, 0.3) is 0 Å². The molecule has 0 saturated heterocycles. The van der Waals surface area contributed by atoms with Gasteiger partial charge >= 0.3 is 12.0 Å². The van der Waals surface area contributed by atoms with Gasteiger partial charge < -0.3 is 14.1 Å². The lowest BCUT2D eigenvalue weighted by Crippen LogP contribution is -2.47. The van der Waals surface area contributed by atoms with Crippen molar-refractivity contribution in [3.05, 3.63) is 65.7 Å². The first kappa shape index (κ1) is 33.9. The lowest BCUT2D eigenvalue weighted by Gasteiger charge is -2.48. The fraction of sp³-hybridized carbons (Fsp3) is 0.600. The number of carbonyl (C=O) groups excluding carboxylic acids is 2. The standard InChI is InChI=1S/C35H54N2O4Si/c1-10-36(24-25-40-42(8,9)35(5,6)7)33(39)37(29-16-12-11-13-17-29)26-27-20-22-28(23-21-27)30-18-14-15-19-31(30)32(38)41-34(2,3)4/h11-13,16-17,20-23,30-31H,10,14-15,18-19,24-26H2,1-9H3/q-1/t30-,31+/m0/s1. The molecular weight excluding hydrogens is 540 g/mol. The van der Waals surface area contributed by atoms with Crippen LogP contribution in [0.3, 0.4) is 0 Å². The maximum Gasteiger partial charge on any atom is 0.324 e. The van der Waals surface area contributed by atoms with E-state index in [1.54, 1.807) is 0 Å². The van der Waals surface area contributed by atoms with Crippen LogP contribution in [0.1, 0.15) is 91.2 Å². The summed E-state index contributed by atoms with van der Waals surface area (Å²) in [6.07, 6.45) is 4.03. The normalized spacial score (nSPS) is 17.9. The third kappa shape index (κ3) is 9.18. The quantitative estimate of drug-likeness (QED) is 0.204. The molecule has 1 aliphatic rings. The second-order valence-electron chi connectivity index (χ2n) is 14.2. The Hall–Kier alpha value is -2.64. The third-order valence-corrected chi connectivity index (χ3v) is 13.3. The van der Waals surface area contributed by atoms with E-state index in [0.717, 1.165) is 36.9 Å². The Bertz CT molecular complexity index is 1150. The van der Waals surface area contributed by atoms with Crippen molar-refractivity contribution in [3.63, 3.8) is 0 Å². The molecule has 233 valence electrons. The fourth-order valence-electron chi connectivity index (χ4n) is 5.31. The highest BCUT2D eigenvalue weighted by Gasteiger charge is 2.35. The molecule has 0 aromatic heterocycles. The molecule has 1 fully saturated rings. The van der Waals surface area contributed by atoms with Crippen molar-refractivity contribution in [2.45, 2.75) is 110 Å². The molecule has 0 heterocycles. The molecule has 2 aromatic carbocycles. The van der Waals surface area contributed by atoms with Gasteiger partial charge in [-0.1, -0.05) is 76.1 Å². The van der Waals surface area contributed by atoms with Crippen LogP contribution in [0.5, 0.6) is 0 Å². The highest BCUT2D eigenvalue weighted by Crippen LogP contribution is 2.39. The first-order valence-corrected chi connectivity index (χ1v) is 18.6. The molecule has 2 atom stereocenters. The lowest BCUT2D eigenvalue weighted by atomic mass is 9.75. The molecule has 42 heavy (non-hydrogen) atoms. The van der Waals surface area contributed by atoms with Crippen molar-refractivity contribution in [1.82, 2.24) is 4.90 Å². The van der Waals surface area contributed by atoms with Crippen molar-refractivity contribution in [2.75, 3.05) is 24.6 Å². The Morgan fingerprint density at radius 2 is 1.52 bits per heavy atom. The molecule has 6 nitrogen and oxygen atoms in total. The topological polar surface area (TPSA) is 59.1 Å². The van der Waals surface area contributed by atoms with E-state index in [-0.39, 0.29) is 28.9 Å². The third-order valence-electron chi connectivity index (χ3n) is 8.81. The van der Waals surface area contributed by atoms with E-state index in [1.165, 1.54) is 5.56 Å². The summed E-state index contributed by atoms with van der Waals surface area (Å²) in [5.41, 5.74) is 2.60. The maximum atomic E-state index is 13.9. The predicted molar refractivity (Wildman–Crippen MR) is 175 cm³/mol. The first-order valence-electron chi connectivity index (χ1n) is 15.7. The highest BCUT2D eigenvalue weighted by molar-refractivity contribution is 6.74. The Kier molecular flexibility index (Phi) is 11.5. The molecule has 0 aliphatic heterocycles. The van der Waals surface area contributed by atoms with Gasteiger partial charge in [-0.2, -0.15) is 0 Å². The summed E-state index contributed by atoms with van der Waals surface area (Å²) in [5, 5.41) is 0.126. The van der Waals surface area contributed by atoms with Crippen LogP contribution in [-0.4, -0.2) is 50.5 Å². The fourth-order valence-corrected chi connectivity index (χ4v) is 6.34. The van der Waals surface area contributed by atoms with E-state index in [4.69, 9.17) is 9.16 Å². The number of ether oxygens (including phenoxy) is 1. The minimum Gasteiger partial charge on any atom is -0.563 e. The van der Waals surface area contributed by atoms with Crippen LogP contribution in [0.25, 0.3) is 0 Å². The van der Waals surface area contributed by atoms with E-state index in [9.17, 15) is 9.59 Å². The van der Waals surface area contributed by atoms with E-state index in [2.05, 4.69) is 58.1 Å². The summed E-state index contributed by atoms with van der Waals surface area (Å²) in [7, 11) is -1.90. The van der Waals surface area contributed by atoms with Crippen molar-refractivity contribution in [1.29, 1.82) is 0 Å². The number of para-hydroxylation sites is 1. The molecule has 0 bridgehead atoms. The largest absolute Gasteiger partial charge is 0.563 e. The lowest BCUT2D eigenvalue weighted by molar-refractivity contribution is -0.161. The number of rotatable bonds is 10. The molecule has 1 aliphatic carbocycles. The SMILES string of the molecule is CCN(CCO[Si-](C)(C)C(C)(C)C)C(=O)N(Cc1ccc([C@@H]2CCCC[C@H]2C(=O)OC(C)(C)C)cc1)c1ccccc1. The van der Waals surface area contributed by atoms with E-state index in [0.29, 0.717) is 26.2 Å². The molecule has 0 spiro atoms. The molecule has 1 saturated carbocycles. The van der Waals surface area contributed by atoms with Gasteiger partial charge in [-0.3, -0.25) is 9.69 Å². The van der Waals surface area contributed by atoms with Gasteiger partial charge in [0.15, 0.2) is 0 Å². The van der Waals surface area contributed by atoms with Gasteiger partial charge in [-0.05, 0) is 78.0 Å². The zero-order valence-corrected chi connectivity index (χ0v) is 28.5. The summed E-state index contributed by atoms with van der Waals surface area (Å²) in [6.45, 7) is 21.2. The first-order chi connectivity index (χ1) is 19.6. The number of urea groups is 1. The Morgan fingerprint density at radius 1 is 0.905 bits per heavy atom. The number of likely N-dealkylation sites (N-methyl/N-ethyl adjacent to an activating group) is 1. The van der Waals surface area contributed by atoms with Crippen LogP contribution in [0.4, 0.5) is 10.5 Å². The Morgan fingerprint density at radius 3 is 2.10 bits per heavy atom. The highest BCUT2D eigenvalue weighted by atomic mass is 28.4. The average Bonchev–Trinajstić information content (AvgIpc) is 2.93. The molecule has 2 aromatic rings. The Balaban J connectivity index is 1.76. The summed E-state index contributed by atoms with van der Waals surface area (Å²) < 4.78 is 12.2. The summed E-state index contributed by atoms with van der Waals surface area (Å²) in [5.74, 6) is -0.0434. The number of benzene rings is 2. The molecule has 7 heteroatoms. The van der Waals surface area contributed by atoms with Crippen LogP contribution in [-0.2, 0) is 20.5 Å². The van der Waals surface area contributed by atoms with Gasteiger partial charge in [0.2, 0.25) is 0 Å². The van der Waals surface area contributed by atoms with Crippen LogP contribution >= 0.6 is 0 Å². The van der Waals surface area contributed by atoms with Crippen molar-refractivity contribution >= 4 is 26.0 Å². The second-order valence-corrected chi connectivity index (χ2v) is 19.0. The van der Waals surface area contributed by atoms with Crippen molar-refractivity contribution in [3.8, 4) is 0 Å². The van der Waals surface area contributed by atoms with Crippen LogP contribution in [0, 0.1) is 5.92 Å². The predicted octanol–water partition coefficient (Wildman–Crippen LogP) is 8.77. The number of nitrogens with zero attached hydrogens (tertiary/aromatic N) is 2. The van der Waals surface area contributed by atoms with E-state index in [1.807, 2.05) is 67.8 Å². The van der Waals surface area contributed by atoms with Gasteiger partial charge in [0.1, 0.15) is 5.60 Å². The van der Waals surface area contributed by atoms with Crippen molar-refractivity contribution in [2.24, 2.45) is 5.92 Å². The maximum absolute atomic E-state index is 13.9. The minimum absolute atomic E-state index is 0.0242. The van der Waals surface area contributed by atoms with Gasteiger partial charge in [0, 0.05) is 25.4 Å². The van der Waals surface area contributed by atoms with Gasteiger partial charge in [-0.15, -0.1) is 18.1 Å². The van der Waals surface area contributed by atoms with Crippen LogP contribution < -0.4 is 4.90 Å².